The lowest BCUT2D eigenvalue weighted by molar-refractivity contribution is -0.192. The van der Waals surface area contributed by atoms with Crippen LogP contribution in [0.2, 0.25) is 0 Å². The minimum Gasteiger partial charge on any atom is -0.475 e. The molecule has 3 rings (SSSR count). The molecule has 1 heterocycles. The summed E-state index contributed by atoms with van der Waals surface area (Å²) < 4.78 is 37.5. The SMILES string of the molecule is CC(C)(N)C(=O)NC(COCc1ccccc1)C(=O)N1CCC(NC(=O)c2ccccc2)C1.O=C(O)C(F)(F)F. The number of nitrogens with one attached hydrogen (secondary N) is 2. The molecule has 2 unspecified atom stereocenters. The monoisotopic (exact) mass is 566 g/mol. The highest BCUT2D eigenvalue weighted by Gasteiger charge is 2.38. The van der Waals surface area contributed by atoms with Gasteiger partial charge in [0, 0.05) is 24.7 Å². The highest BCUT2D eigenvalue weighted by molar-refractivity contribution is 5.94. The van der Waals surface area contributed by atoms with Crippen LogP contribution in [0.1, 0.15) is 36.2 Å². The van der Waals surface area contributed by atoms with E-state index in [1.807, 2.05) is 36.4 Å². The molecular weight excluding hydrogens is 533 g/mol. The average molecular weight is 567 g/mol. The fourth-order valence-corrected chi connectivity index (χ4v) is 3.54. The first kappa shape index (κ1) is 32.2. The van der Waals surface area contributed by atoms with Crippen molar-refractivity contribution < 1.29 is 42.2 Å². The van der Waals surface area contributed by atoms with Gasteiger partial charge in [0.2, 0.25) is 11.8 Å². The molecule has 1 fully saturated rings. The molecule has 40 heavy (non-hydrogen) atoms. The van der Waals surface area contributed by atoms with Crippen molar-refractivity contribution in [3.63, 3.8) is 0 Å². The number of benzene rings is 2. The Kier molecular flexibility index (Phi) is 11.6. The molecule has 218 valence electrons. The molecule has 13 heteroatoms. The van der Waals surface area contributed by atoms with E-state index in [9.17, 15) is 27.6 Å². The minimum atomic E-state index is -5.08. The van der Waals surface area contributed by atoms with Crippen molar-refractivity contribution in [2.45, 2.75) is 50.7 Å². The van der Waals surface area contributed by atoms with Gasteiger partial charge in [0.25, 0.3) is 5.91 Å². The van der Waals surface area contributed by atoms with Gasteiger partial charge in [0.05, 0.1) is 18.8 Å². The standard InChI is InChI=1S/C25H32N4O4.C2HF3O2/c1-25(2,26)24(32)28-21(17-33-16-18-9-5-3-6-10-18)23(31)29-14-13-20(15-29)27-22(30)19-11-7-4-8-12-19;3-2(4,5)1(6)7/h3-12,20-21H,13-17,26H2,1-2H3,(H,27,30)(H,28,32);(H,6,7). The summed E-state index contributed by atoms with van der Waals surface area (Å²) in [5, 5.41) is 12.8. The Morgan fingerprint density at radius 1 is 1.05 bits per heavy atom. The Hall–Kier alpha value is -3.97. The topological polar surface area (TPSA) is 151 Å². The first-order chi connectivity index (χ1) is 18.7. The molecule has 3 amide bonds. The maximum absolute atomic E-state index is 13.2. The van der Waals surface area contributed by atoms with Crippen molar-refractivity contribution in [3.8, 4) is 0 Å². The number of amides is 3. The van der Waals surface area contributed by atoms with Crippen LogP contribution < -0.4 is 16.4 Å². The Bertz CT molecular complexity index is 1140. The fourth-order valence-electron chi connectivity index (χ4n) is 3.54. The highest BCUT2D eigenvalue weighted by atomic mass is 19.4. The van der Waals surface area contributed by atoms with Gasteiger partial charge in [0.15, 0.2) is 0 Å². The number of halogens is 3. The van der Waals surface area contributed by atoms with Crippen molar-refractivity contribution in [2.75, 3.05) is 19.7 Å². The summed E-state index contributed by atoms with van der Waals surface area (Å²) in [6.45, 7) is 4.36. The maximum atomic E-state index is 13.2. The Balaban J connectivity index is 0.000000708. The molecule has 1 aliphatic rings. The number of ether oxygens (including phenoxy) is 1. The number of carboxylic acid groups (broad SMARTS) is 1. The molecule has 0 radical (unpaired) electrons. The Labute approximate surface area is 229 Å². The Morgan fingerprint density at radius 2 is 1.60 bits per heavy atom. The number of carbonyl (C=O) groups is 4. The molecule has 0 spiro atoms. The van der Waals surface area contributed by atoms with Crippen LogP contribution in [0.15, 0.2) is 60.7 Å². The van der Waals surface area contributed by atoms with Gasteiger partial charge in [-0.2, -0.15) is 13.2 Å². The summed E-state index contributed by atoms with van der Waals surface area (Å²) in [6, 6.07) is 17.5. The lowest BCUT2D eigenvalue weighted by Crippen LogP contribution is -2.57. The van der Waals surface area contributed by atoms with E-state index in [0.29, 0.717) is 31.7 Å². The minimum absolute atomic E-state index is 0.0209. The molecule has 0 bridgehead atoms. The van der Waals surface area contributed by atoms with E-state index in [1.165, 1.54) is 0 Å². The van der Waals surface area contributed by atoms with Gasteiger partial charge in [0.1, 0.15) is 6.04 Å². The zero-order valence-corrected chi connectivity index (χ0v) is 22.1. The van der Waals surface area contributed by atoms with Crippen molar-refractivity contribution in [3.05, 3.63) is 71.8 Å². The van der Waals surface area contributed by atoms with Crippen LogP contribution in [0, 0.1) is 0 Å². The number of rotatable bonds is 9. The molecule has 0 aliphatic carbocycles. The third-order valence-electron chi connectivity index (χ3n) is 5.70. The smallest absolute Gasteiger partial charge is 0.475 e. The van der Waals surface area contributed by atoms with Gasteiger partial charge in [-0.1, -0.05) is 48.5 Å². The van der Waals surface area contributed by atoms with Crippen LogP contribution in [-0.4, -0.2) is 77.2 Å². The summed E-state index contributed by atoms with van der Waals surface area (Å²) >= 11 is 0. The van der Waals surface area contributed by atoms with Gasteiger partial charge in [-0.3, -0.25) is 14.4 Å². The van der Waals surface area contributed by atoms with Crippen LogP contribution in [0.4, 0.5) is 13.2 Å². The Morgan fingerprint density at radius 3 is 2.12 bits per heavy atom. The number of nitrogens with zero attached hydrogens (tertiary/aromatic N) is 1. The van der Waals surface area contributed by atoms with Crippen LogP contribution in [0.5, 0.6) is 0 Å². The van der Waals surface area contributed by atoms with Crippen molar-refractivity contribution in [2.24, 2.45) is 5.73 Å². The number of aliphatic carboxylic acids is 1. The van der Waals surface area contributed by atoms with Gasteiger partial charge in [-0.15, -0.1) is 0 Å². The van der Waals surface area contributed by atoms with Crippen molar-refractivity contribution in [1.29, 1.82) is 0 Å². The second-order valence-electron chi connectivity index (χ2n) is 9.66. The molecule has 0 saturated carbocycles. The number of alkyl halides is 3. The molecule has 2 atom stereocenters. The first-order valence-electron chi connectivity index (χ1n) is 12.3. The first-order valence-corrected chi connectivity index (χ1v) is 12.3. The molecule has 5 N–H and O–H groups in total. The molecule has 2 aromatic rings. The number of hydrogen-bond donors (Lipinski definition) is 4. The molecule has 0 aromatic heterocycles. The largest absolute Gasteiger partial charge is 0.490 e. The lowest BCUT2D eigenvalue weighted by atomic mass is 10.1. The summed E-state index contributed by atoms with van der Waals surface area (Å²) in [6.07, 6.45) is -4.45. The third-order valence-corrected chi connectivity index (χ3v) is 5.70. The summed E-state index contributed by atoms with van der Waals surface area (Å²) in [7, 11) is 0. The van der Waals surface area contributed by atoms with Gasteiger partial charge in [-0.05, 0) is 38.0 Å². The van der Waals surface area contributed by atoms with Crippen molar-refractivity contribution in [1.82, 2.24) is 15.5 Å². The summed E-state index contributed by atoms with van der Waals surface area (Å²) in [4.78, 5) is 48.7. The lowest BCUT2D eigenvalue weighted by Gasteiger charge is -2.27. The van der Waals surface area contributed by atoms with E-state index in [0.717, 1.165) is 5.56 Å². The molecule has 10 nitrogen and oxygen atoms in total. The van der Waals surface area contributed by atoms with Crippen LogP contribution in [-0.2, 0) is 25.7 Å². The summed E-state index contributed by atoms with van der Waals surface area (Å²) in [5.74, 6) is -3.61. The van der Waals surface area contributed by atoms with Gasteiger partial charge < -0.3 is 31.1 Å². The van der Waals surface area contributed by atoms with Gasteiger partial charge >= 0.3 is 12.1 Å². The van der Waals surface area contributed by atoms with Crippen LogP contribution in [0.25, 0.3) is 0 Å². The zero-order valence-electron chi connectivity index (χ0n) is 22.1. The quantitative estimate of drug-likeness (QED) is 0.363. The number of carbonyl (C=O) groups excluding carboxylic acids is 3. The fraction of sp³-hybridized carbons (Fsp3) is 0.407. The van der Waals surface area contributed by atoms with Crippen LogP contribution in [0.3, 0.4) is 0 Å². The average Bonchev–Trinajstić information content (AvgIpc) is 3.36. The molecule has 2 aromatic carbocycles. The van der Waals surface area contributed by atoms with E-state index in [1.54, 1.807) is 43.0 Å². The predicted octanol–water partition coefficient (Wildman–Crippen LogP) is 2.09. The number of likely N-dealkylation sites (tertiary alicyclic amines) is 1. The normalized spacial score (nSPS) is 15.8. The van der Waals surface area contributed by atoms with E-state index in [4.69, 9.17) is 20.4 Å². The third kappa shape index (κ3) is 10.7. The van der Waals surface area contributed by atoms with E-state index >= 15 is 0 Å². The molecular formula is C27H33F3N4O6. The van der Waals surface area contributed by atoms with Crippen molar-refractivity contribution >= 4 is 23.7 Å². The molecule has 1 aliphatic heterocycles. The number of carboxylic acids is 1. The van der Waals surface area contributed by atoms with E-state index in [2.05, 4.69) is 10.6 Å². The second kappa shape index (κ2) is 14.4. The number of nitrogens with two attached hydrogens (primary N) is 1. The van der Waals surface area contributed by atoms with E-state index < -0.39 is 29.6 Å². The second-order valence-corrected chi connectivity index (χ2v) is 9.66. The highest BCUT2D eigenvalue weighted by Crippen LogP contribution is 2.14. The molecule has 1 saturated heterocycles. The number of hydrogen-bond acceptors (Lipinski definition) is 6. The predicted molar refractivity (Wildman–Crippen MR) is 139 cm³/mol. The summed E-state index contributed by atoms with van der Waals surface area (Å²) in [5.41, 5.74) is 6.32. The van der Waals surface area contributed by atoms with Gasteiger partial charge in [-0.25, -0.2) is 4.79 Å². The zero-order chi connectivity index (χ0) is 29.9. The maximum Gasteiger partial charge on any atom is 0.490 e. The van der Waals surface area contributed by atoms with E-state index in [-0.39, 0.29) is 24.5 Å². The van der Waals surface area contributed by atoms with Crippen LogP contribution >= 0.6 is 0 Å².